The van der Waals surface area contributed by atoms with Gasteiger partial charge in [0.15, 0.2) is 5.13 Å². The lowest BCUT2D eigenvalue weighted by Crippen LogP contribution is -2.49. The zero-order chi connectivity index (χ0) is 20.2. The topological polar surface area (TPSA) is 60.1 Å². The second-order valence-corrected chi connectivity index (χ2v) is 9.19. The van der Waals surface area contributed by atoms with Crippen molar-refractivity contribution >= 4 is 27.5 Å². The standard InChI is InChI=1S/C23H20N4O2S/c28-21-5-3-4-19-17-10-15(13-27(19)21)12-26(14-17)22(29)16-6-7-18-20(11-16)30-23(24-18)25-8-1-2-9-25/h1-9,11,15,17H,10,12-14H2/t15-,17+/m1/s1. The van der Waals surface area contributed by atoms with E-state index < -0.39 is 0 Å². The molecule has 6 nitrogen and oxygen atoms in total. The molecule has 5 heterocycles. The van der Waals surface area contributed by atoms with Gasteiger partial charge in [0, 0.05) is 55.3 Å². The van der Waals surface area contributed by atoms with Gasteiger partial charge in [-0.1, -0.05) is 17.4 Å². The third kappa shape index (κ3) is 2.81. The monoisotopic (exact) mass is 416 g/mol. The maximum atomic E-state index is 13.3. The van der Waals surface area contributed by atoms with Crippen molar-refractivity contribution in [2.45, 2.75) is 18.9 Å². The van der Waals surface area contributed by atoms with Crippen LogP contribution >= 0.6 is 11.3 Å². The molecule has 2 atom stereocenters. The third-order valence-corrected chi connectivity index (χ3v) is 7.25. The van der Waals surface area contributed by atoms with Crippen molar-refractivity contribution in [3.63, 3.8) is 0 Å². The molecule has 4 aromatic rings. The molecular formula is C23H20N4O2S. The molecule has 0 radical (unpaired) electrons. The summed E-state index contributed by atoms with van der Waals surface area (Å²) in [4.78, 5) is 32.2. The first kappa shape index (κ1) is 17.7. The van der Waals surface area contributed by atoms with Crippen LogP contribution < -0.4 is 5.56 Å². The van der Waals surface area contributed by atoms with Crippen molar-refractivity contribution < 1.29 is 4.79 Å². The Kier molecular flexibility index (Phi) is 3.92. The Morgan fingerprint density at radius 1 is 1.03 bits per heavy atom. The normalized spacial score (nSPS) is 20.3. The lowest BCUT2D eigenvalue weighted by molar-refractivity contribution is 0.0595. The molecule has 0 N–H and O–H groups in total. The molecule has 0 spiro atoms. The predicted octanol–water partition coefficient (Wildman–Crippen LogP) is 3.51. The summed E-state index contributed by atoms with van der Waals surface area (Å²) in [6.07, 6.45) is 4.99. The number of fused-ring (bicyclic) bond motifs is 5. The average Bonchev–Trinajstić information content (AvgIpc) is 3.43. The molecule has 1 fully saturated rings. The van der Waals surface area contributed by atoms with E-state index in [1.807, 2.05) is 68.9 Å². The zero-order valence-corrected chi connectivity index (χ0v) is 17.1. The predicted molar refractivity (Wildman–Crippen MR) is 116 cm³/mol. The van der Waals surface area contributed by atoms with Crippen LogP contribution in [-0.4, -0.2) is 38.0 Å². The van der Waals surface area contributed by atoms with Crippen molar-refractivity contribution in [3.8, 4) is 5.13 Å². The van der Waals surface area contributed by atoms with Crippen LogP contribution in [0.4, 0.5) is 0 Å². The number of aromatic nitrogens is 3. The van der Waals surface area contributed by atoms with Gasteiger partial charge in [-0.05, 0) is 48.7 Å². The molecule has 6 rings (SSSR count). The molecule has 2 aliphatic rings. The van der Waals surface area contributed by atoms with E-state index in [0.717, 1.165) is 27.5 Å². The molecule has 30 heavy (non-hydrogen) atoms. The number of carbonyl (C=O) groups excluding carboxylic acids is 1. The van der Waals surface area contributed by atoms with Crippen LogP contribution in [0, 0.1) is 5.92 Å². The van der Waals surface area contributed by atoms with E-state index in [-0.39, 0.29) is 17.4 Å². The zero-order valence-electron chi connectivity index (χ0n) is 16.3. The van der Waals surface area contributed by atoms with E-state index in [0.29, 0.717) is 31.1 Å². The number of pyridine rings is 1. The Labute approximate surface area is 177 Å². The molecule has 2 aliphatic heterocycles. The van der Waals surface area contributed by atoms with E-state index in [4.69, 9.17) is 0 Å². The van der Waals surface area contributed by atoms with Gasteiger partial charge in [0.25, 0.3) is 11.5 Å². The molecule has 2 bridgehead atoms. The van der Waals surface area contributed by atoms with Gasteiger partial charge in [0.1, 0.15) is 0 Å². The minimum Gasteiger partial charge on any atom is -0.338 e. The minimum atomic E-state index is 0.0641. The van der Waals surface area contributed by atoms with Crippen molar-refractivity contribution in [1.29, 1.82) is 0 Å². The van der Waals surface area contributed by atoms with Gasteiger partial charge in [-0.2, -0.15) is 0 Å². The summed E-state index contributed by atoms with van der Waals surface area (Å²) >= 11 is 1.59. The van der Waals surface area contributed by atoms with Crippen LogP contribution in [0.15, 0.2) is 65.7 Å². The number of amides is 1. The van der Waals surface area contributed by atoms with Gasteiger partial charge < -0.3 is 14.0 Å². The number of rotatable bonds is 2. The quantitative estimate of drug-likeness (QED) is 0.502. The number of hydrogen-bond donors (Lipinski definition) is 0. The van der Waals surface area contributed by atoms with Gasteiger partial charge >= 0.3 is 0 Å². The molecule has 150 valence electrons. The van der Waals surface area contributed by atoms with Crippen LogP contribution in [0.5, 0.6) is 0 Å². The highest BCUT2D eigenvalue weighted by molar-refractivity contribution is 7.20. The molecule has 0 aliphatic carbocycles. The van der Waals surface area contributed by atoms with Crippen LogP contribution in [0.2, 0.25) is 0 Å². The van der Waals surface area contributed by atoms with E-state index >= 15 is 0 Å². The van der Waals surface area contributed by atoms with Gasteiger partial charge in [-0.15, -0.1) is 0 Å². The first-order valence-electron chi connectivity index (χ1n) is 10.2. The molecule has 3 aromatic heterocycles. The van der Waals surface area contributed by atoms with Crippen LogP contribution in [0.1, 0.15) is 28.4 Å². The SMILES string of the molecule is O=C(c1ccc2nc(-n3cccc3)sc2c1)N1C[C@H]2C[C@@H](C1)c1cccc(=O)n1C2. The molecule has 0 saturated carbocycles. The number of piperidine rings is 1. The first-order valence-corrected chi connectivity index (χ1v) is 11.0. The molecule has 1 amide bonds. The fourth-order valence-corrected chi connectivity index (χ4v) is 5.83. The Morgan fingerprint density at radius 2 is 1.90 bits per heavy atom. The van der Waals surface area contributed by atoms with Crippen LogP contribution in [0.25, 0.3) is 15.3 Å². The second kappa shape index (κ2) is 6.67. The number of likely N-dealkylation sites (tertiary alicyclic amines) is 1. The smallest absolute Gasteiger partial charge is 0.253 e. The van der Waals surface area contributed by atoms with E-state index in [9.17, 15) is 9.59 Å². The van der Waals surface area contributed by atoms with Crippen molar-refractivity contribution in [3.05, 3.63) is 82.5 Å². The Morgan fingerprint density at radius 3 is 2.77 bits per heavy atom. The highest BCUT2D eigenvalue weighted by Crippen LogP contribution is 2.36. The average molecular weight is 417 g/mol. The van der Waals surface area contributed by atoms with Gasteiger partial charge in [0.2, 0.25) is 0 Å². The maximum Gasteiger partial charge on any atom is 0.253 e. The lowest BCUT2D eigenvalue weighted by Gasteiger charge is -2.42. The summed E-state index contributed by atoms with van der Waals surface area (Å²) in [5.41, 5.74) is 2.74. The number of nitrogens with zero attached hydrogens (tertiary/aromatic N) is 4. The Balaban J connectivity index is 1.30. The highest BCUT2D eigenvalue weighted by Gasteiger charge is 2.36. The highest BCUT2D eigenvalue weighted by atomic mass is 32.1. The van der Waals surface area contributed by atoms with Crippen molar-refractivity contribution in [2.75, 3.05) is 13.1 Å². The maximum absolute atomic E-state index is 13.3. The summed E-state index contributed by atoms with van der Waals surface area (Å²) in [7, 11) is 0. The third-order valence-electron chi connectivity index (χ3n) is 6.22. The largest absolute Gasteiger partial charge is 0.338 e. The fraction of sp³-hybridized carbons (Fsp3) is 0.261. The van der Waals surface area contributed by atoms with Crippen LogP contribution in [-0.2, 0) is 6.54 Å². The molecule has 0 unspecified atom stereocenters. The summed E-state index contributed by atoms with van der Waals surface area (Å²) in [6, 6.07) is 15.2. The molecule has 7 heteroatoms. The fourth-order valence-electron chi connectivity index (χ4n) is 4.86. The summed E-state index contributed by atoms with van der Waals surface area (Å²) in [5, 5.41) is 0.897. The number of hydrogen-bond acceptors (Lipinski definition) is 4. The summed E-state index contributed by atoms with van der Waals surface area (Å²) in [6.45, 7) is 2.06. The number of thiazole rings is 1. The minimum absolute atomic E-state index is 0.0641. The van der Waals surface area contributed by atoms with E-state index in [2.05, 4.69) is 4.98 Å². The Bertz CT molecular complexity index is 1320. The van der Waals surface area contributed by atoms with Crippen molar-refractivity contribution in [2.24, 2.45) is 5.92 Å². The Hall–Kier alpha value is -3.19. The van der Waals surface area contributed by atoms with Crippen molar-refractivity contribution in [1.82, 2.24) is 19.0 Å². The first-order chi connectivity index (χ1) is 14.7. The summed E-state index contributed by atoms with van der Waals surface area (Å²) < 4.78 is 4.89. The second-order valence-electron chi connectivity index (χ2n) is 8.18. The van der Waals surface area contributed by atoms with Gasteiger partial charge in [-0.3, -0.25) is 9.59 Å². The number of benzene rings is 1. The number of carbonyl (C=O) groups is 1. The van der Waals surface area contributed by atoms with Gasteiger partial charge in [0.05, 0.1) is 10.2 Å². The van der Waals surface area contributed by atoms with E-state index in [1.54, 1.807) is 17.4 Å². The molecule has 1 aromatic carbocycles. The lowest BCUT2D eigenvalue weighted by atomic mass is 9.83. The van der Waals surface area contributed by atoms with E-state index in [1.165, 1.54) is 0 Å². The molecule has 1 saturated heterocycles. The van der Waals surface area contributed by atoms with Gasteiger partial charge in [-0.25, -0.2) is 4.98 Å². The summed E-state index contributed by atoms with van der Waals surface area (Å²) in [5.74, 6) is 0.616. The molecular weight excluding hydrogens is 396 g/mol. The van der Waals surface area contributed by atoms with Crippen LogP contribution in [0.3, 0.4) is 0 Å².